The molecule has 2 aliphatic carbocycles. The molecule has 6 rings (SSSR count). The number of carbonyl (C=O) groups excluding carboxylic acids is 5. The fraction of sp³-hybridized carbons (Fsp3) is 0.521. The Kier molecular flexibility index (Phi) is 14.7. The Balaban J connectivity index is 1.20. The molecule has 12 nitrogen and oxygen atoms in total. The van der Waals surface area contributed by atoms with Gasteiger partial charge in [0.05, 0.1) is 37.0 Å². The van der Waals surface area contributed by atoms with Gasteiger partial charge in [-0.2, -0.15) is 0 Å². The highest BCUT2D eigenvalue weighted by Gasteiger charge is 2.44. The summed E-state index contributed by atoms with van der Waals surface area (Å²) < 4.78 is 3.94. The van der Waals surface area contributed by atoms with Gasteiger partial charge in [-0.05, 0) is 97.6 Å². The van der Waals surface area contributed by atoms with Gasteiger partial charge in [-0.3, -0.25) is 24.0 Å². The third-order valence-electron chi connectivity index (χ3n) is 12.8. The van der Waals surface area contributed by atoms with E-state index in [0.29, 0.717) is 13.0 Å². The lowest BCUT2D eigenvalue weighted by Gasteiger charge is -2.34. The van der Waals surface area contributed by atoms with Crippen LogP contribution in [-0.4, -0.2) is 82.8 Å². The minimum absolute atomic E-state index is 0.0264. The van der Waals surface area contributed by atoms with Gasteiger partial charge in [0.2, 0.25) is 23.6 Å². The molecule has 0 bridgehead atoms. The number of hydrogen-bond acceptors (Lipinski definition) is 9. The molecule has 0 aromatic heterocycles. The summed E-state index contributed by atoms with van der Waals surface area (Å²) in [6, 6.07) is 20.4. The van der Waals surface area contributed by atoms with Crippen molar-refractivity contribution < 1.29 is 28.7 Å². The summed E-state index contributed by atoms with van der Waals surface area (Å²) in [5, 5.41) is 9.47. The van der Waals surface area contributed by atoms with E-state index >= 15 is 0 Å². The molecule has 1 saturated heterocycles. The van der Waals surface area contributed by atoms with Crippen molar-refractivity contribution in [2.75, 3.05) is 19.4 Å². The van der Waals surface area contributed by atoms with Gasteiger partial charge in [0.15, 0.2) is 0 Å². The van der Waals surface area contributed by atoms with Gasteiger partial charge in [0, 0.05) is 23.6 Å². The second kappa shape index (κ2) is 19.5. The number of fused-ring (bicyclic) bond motifs is 2. The zero-order valence-corrected chi connectivity index (χ0v) is 37.3. The largest absolute Gasteiger partial charge is 0.468 e. The molecule has 61 heavy (non-hydrogen) atoms. The number of rotatable bonds is 14. The van der Waals surface area contributed by atoms with Gasteiger partial charge < -0.3 is 37.1 Å². The standard InChI is InChI=1S/C48H64N6O6S/c1-47(2,3)42(50)46(59)54-27-33(26-39(54)44(57)52-37-20-12-16-32-14-8-10-18-35(32)37)30-23-21-29(22-24-30)25-38(53-45(58)41(49)48(4,5)61-28-40(55)60-6)43(56)51-36-19-11-15-31-13-7-9-17-34(31)36/h7-10,13-14,17-18,21-24,33,36-39,41-42H,11-12,15-16,19-20,25-28,49-50H2,1-6H3,(H,51,56)(H,52,57)(H,53,58). The van der Waals surface area contributed by atoms with Gasteiger partial charge in [-0.15, -0.1) is 11.8 Å². The quantitative estimate of drug-likeness (QED) is 0.137. The van der Waals surface area contributed by atoms with E-state index in [9.17, 15) is 24.0 Å². The first-order chi connectivity index (χ1) is 29.0. The van der Waals surface area contributed by atoms with Crippen molar-refractivity contribution in [2.24, 2.45) is 16.9 Å². The van der Waals surface area contributed by atoms with E-state index in [0.717, 1.165) is 60.8 Å². The van der Waals surface area contributed by atoms with Crippen LogP contribution < -0.4 is 27.4 Å². The molecule has 3 aliphatic rings. The van der Waals surface area contributed by atoms with Gasteiger partial charge in [0.1, 0.15) is 12.1 Å². The average Bonchev–Trinajstić information content (AvgIpc) is 3.70. The first-order valence-corrected chi connectivity index (χ1v) is 22.6. The Labute approximate surface area is 365 Å². The predicted octanol–water partition coefficient (Wildman–Crippen LogP) is 5.17. The number of nitrogens with one attached hydrogen (secondary N) is 3. The van der Waals surface area contributed by atoms with Crippen molar-refractivity contribution in [3.63, 3.8) is 0 Å². The number of thioether (sulfide) groups is 1. The van der Waals surface area contributed by atoms with E-state index in [-0.39, 0.29) is 47.9 Å². The summed E-state index contributed by atoms with van der Waals surface area (Å²) in [6.45, 7) is 9.70. The zero-order chi connectivity index (χ0) is 44.1. The Morgan fingerprint density at radius 1 is 0.787 bits per heavy atom. The number of nitrogens with zero attached hydrogens (tertiary/aromatic N) is 1. The third-order valence-corrected chi connectivity index (χ3v) is 14.2. The van der Waals surface area contributed by atoms with E-state index in [1.165, 1.54) is 30.0 Å². The maximum absolute atomic E-state index is 14.2. The van der Waals surface area contributed by atoms with Crippen LogP contribution in [-0.2, 0) is 48.0 Å². The number of ether oxygens (including phenoxy) is 1. The first-order valence-electron chi connectivity index (χ1n) is 21.6. The summed E-state index contributed by atoms with van der Waals surface area (Å²) in [7, 11) is 1.31. The van der Waals surface area contributed by atoms with Crippen LogP contribution in [0.15, 0.2) is 72.8 Å². The highest BCUT2D eigenvalue weighted by molar-refractivity contribution is 8.01. The smallest absolute Gasteiger partial charge is 0.315 e. The number of likely N-dealkylation sites (tertiary alicyclic amines) is 1. The van der Waals surface area contributed by atoms with Gasteiger partial charge >= 0.3 is 5.97 Å². The second-order valence-electron chi connectivity index (χ2n) is 18.5. The molecule has 7 atom stereocenters. The second-order valence-corrected chi connectivity index (χ2v) is 20.2. The molecule has 0 radical (unpaired) electrons. The molecule has 4 amide bonds. The lowest BCUT2D eigenvalue weighted by Crippen LogP contribution is -2.57. The molecule has 0 spiro atoms. The highest BCUT2D eigenvalue weighted by atomic mass is 32.2. The van der Waals surface area contributed by atoms with Crippen LogP contribution in [0.25, 0.3) is 0 Å². The van der Waals surface area contributed by atoms with E-state index < -0.39 is 46.2 Å². The number of methoxy groups -OCH3 is 1. The molecule has 1 fully saturated rings. The molecule has 7 unspecified atom stereocenters. The molecule has 7 N–H and O–H groups in total. The number of amides is 4. The Hall–Kier alpha value is -4.72. The van der Waals surface area contributed by atoms with Crippen molar-refractivity contribution in [2.45, 2.75) is 133 Å². The summed E-state index contributed by atoms with van der Waals surface area (Å²) in [4.78, 5) is 69.7. The minimum atomic E-state index is -1.03. The molecule has 1 heterocycles. The molecule has 0 saturated carbocycles. The summed E-state index contributed by atoms with van der Waals surface area (Å²) in [5.74, 6) is -1.77. The summed E-state index contributed by atoms with van der Waals surface area (Å²) >= 11 is 1.22. The fourth-order valence-corrected chi connectivity index (χ4v) is 9.70. The Morgan fingerprint density at radius 2 is 1.36 bits per heavy atom. The van der Waals surface area contributed by atoms with Crippen LogP contribution >= 0.6 is 11.8 Å². The maximum Gasteiger partial charge on any atom is 0.315 e. The monoisotopic (exact) mass is 852 g/mol. The third kappa shape index (κ3) is 11.0. The van der Waals surface area contributed by atoms with Crippen LogP contribution in [0.2, 0.25) is 0 Å². The van der Waals surface area contributed by atoms with Gasteiger partial charge in [-0.1, -0.05) is 93.6 Å². The lowest BCUT2D eigenvalue weighted by atomic mass is 9.86. The van der Waals surface area contributed by atoms with Gasteiger partial charge in [-0.25, -0.2) is 0 Å². The molecule has 328 valence electrons. The number of aryl methyl sites for hydroxylation is 2. The average molecular weight is 853 g/mol. The summed E-state index contributed by atoms with van der Waals surface area (Å²) in [5.41, 5.74) is 19.0. The zero-order valence-electron chi connectivity index (χ0n) is 36.5. The number of benzene rings is 3. The number of nitrogens with two attached hydrogens (primary N) is 2. The van der Waals surface area contributed by atoms with Crippen LogP contribution in [0.1, 0.15) is 118 Å². The topological polar surface area (TPSA) is 186 Å². The summed E-state index contributed by atoms with van der Waals surface area (Å²) in [6.07, 6.45) is 6.07. The van der Waals surface area contributed by atoms with Crippen molar-refractivity contribution in [3.05, 3.63) is 106 Å². The van der Waals surface area contributed by atoms with Crippen LogP contribution in [0.5, 0.6) is 0 Å². The molecule has 3 aromatic rings. The number of hydrogen-bond donors (Lipinski definition) is 5. The maximum atomic E-state index is 14.2. The van der Waals surface area contributed by atoms with E-state index in [1.54, 1.807) is 18.7 Å². The molecular weight excluding hydrogens is 789 g/mol. The SMILES string of the molecule is COC(=O)CSC(C)(C)C(N)C(=O)NC(Cc1ccc(C2CC(C(=O)NC3CCCc4ccccc43)N(C(=O)C(N)C(C)(C)C)C2)cc1)C(=O)NC1CCCc2ccccc21. The van der Waals surface area contributed by atoms with Crippen molar-refractivity contribution in [1.29, 1.82) is 0 Å². The fourth-order valence-electron chi connectivity index (χ4n) is 8.81. The van der Waals surface area contributed by atoms with Crippen LogP contribution in [0.3, 0.4) is 0 Å². The molecule has 3 aromatic carbocycles. The normalized spacial score (nSPS) is 21.5. The van der Waals surface area contributed by atoms with Crippen LogP contribution in [0.4, 0.5) is 0 Å². The Bertz CT molecular complexity index is 2070. The molecular formula is C48H64N6O6S. The minimum Gasteiger partial charge on any atom is -0.468 e. The molecule has 13 heteroatoms. The van der Waals surface area contributed by atoms with Gasteiger partial charge in [0.25, 0.3) is 0 Å². The Morgan fingerprint density at radius 3 is 1.93 bits per heavy atom. The van der Waals surface area contributed by atoms with Crippen molar-refractivity contribution >= 4 is 41.4 Å². The first kappa shape index (κ1) is 45.8. The predicted molar refractivity (Wildman–Crippen MR) is 239 cm³/mol. The van der Waals surface area contributed by atoms with Crippen molar-refractivity contribution in [3.8, 4) is 0 Å². The van der Waals surface area contributed by atoms with Crippen LogP contribution in [0, 0.1) is 5.41 Å². The number of esters is 1. The number of carbonyl (C=O) groups is 5. The van der Waals surface area contributed by atoms with E-state index in [1.807, 2.05) is 75.4 Å². The highest BCUT2D eigenvalue weighted by Crippen LogP contribution is 2.36. The van der Waals surface area contributed by atoms with Crippen molar-refractivity contribution in [1.82, 2.24) is 20.9 Å². The van der Waals surface area contributed by atoms with E-state index in [4.69, 9.17) is 16.2 Å². The lowest BCUT2D eigenvalue weighted by molar-refractivity contribution is -0.141. The molecule has 1 aliphatic heterocycles. The van der Waals surface area contributed by atoms with E-state index in [2.05, 4.69) is 34.1 Å².